The molecule has 6 heteroatoms. The zero-order valence-corrected chi connectivity index (χ0v) is 8.64. The van der Waals surface area contributed by atoms with Crippen molar-refractivity contribution in [2.45, 2.75) is 12.8 Å². The molecule has 0 bridgehead atoms. The molecule has 0 unspecified atom stereocenters. The average Bonchev–Trinajstić information content (AvgIpc) is 2.21. The number of nitrogens with zero attached hydrogens (tertiary/aromatic N) is 1. The number of hydrogen-bond donors (Lipinski definition) is 3. The number of aliphatic carboxylic acids is 1. The molecule has 0 fully saturated rings. The fourth-order valence-corrected chi connectivity index (χ4v) is 1.08. The van der Waals surface area contributed by atoms with E-state index < -0.39 is 5.97 Å². The lowest BCUT2D eigenvalue weighted by atomic mass is 10.2. The van der Waals surface area contributed by atoms with E-state index in [0.717, 1.165) is 0 Å². The summed E-state index contributed by atoms with van der Waals surface area (Å²) in [5.74, 6) is -1.19. The van der Waals surface area contributed by atoms with Crippen molar-refractivity contribution in [3.8, 4) is 0 Å². The quantitative estimate of drug-likeness (QED) is 0.641. The number of nitrogen functional groups attached to an aromatic ring is 1. The van der Waals surface area contributed by atoms with Crippen molar-refractivity contribution in [3.05, 3.63) is 24.0 Å². The lowest BCUT2D eigenvalue weighted by molar-refractivity contribution is -0.136. The third-order valence-electron chi connectivity index (χ3n) is 1.85. The normalized spacial score (nSPS) is 9.75. The van der Waals surface area contributed by atoms with Gasteiger partial charge in [-0.15, -0.1) is 0 Å². The van der Waals surface area contributed by atoms with Gasteiger partial charge in [0.25, 0.3) is 0 Å². The Morgan fingerprint density at radius 1 is 1.44 bits per heavy atom. The number of carboxylic acid groups (broad SMARTS) is 1. The first-order valence-electron chi connectivity index (χ1n) is 4.77. The lowest BCUT2D eigenvalue weighted by Crippen LogP contribution is -2.27. The predicted molar refractivity (Wildman–Crippen MR) is 57.6 cm³/mol. The maximum atomic E-state index is 11.3. The summed E-state index contributed by atoms with van der Waals surface area (Å²) in [7, 11) is 0. The van der Waals surface area contributed by atoms with Crippen molar-refractivity contribution in [2.24, 2.45) is 0 Å². The Balaban J connectivity index is 2.34. The van der Waals surface area contributed by atoms with Crippen LogP contribution < -0.4 is 11.1 Å². The standard InChI is InChI=1S/C10H13N3O3/c11-7-1-2-8(13-6-7)5-9(14)12-4-3-10(15)16/h1-2,6H,3-5,11H2,(H,12,14)(H,15,16). The molecule has 0 saturated heterocycles. The second-order valence-electron chi connectivity index (χ2n) is 3.25. The van der Waals surface area contributed by atoms with Crippen LogP contribution in [-0.4, -0.2) is 28.5 Å². The molecule has 1 heterocycles. The van der Waals surface area contributed by atoms with E-state index in [-0.39, 0.29) is 25.3 Å². The van der Waals surface area contributed by atoms with Crippen molar-refractivity contribution in [2.75, 3.05) is 12.3 Å². The zero-order valence-electron chi connectivity index (χ0n) is 8.64. The van der Waals surface area contributed by atoms with Gasteiger partial charge in [-0.05, 0) is 12.1 Å². The van der Waals surface area contributed by atoms with Crippen LogP contribution in [0.5, 0.6) is 0 Å². The van der Waals surface area contributed by atoms with E-state index in [4.69, 9.17) is 10.8 Å². The molecular weight excluding hydrogens is 210 g/mol. The van der Waals surface area contributed by atoms with Crippen LogP contribution >= 0.6 is 0 Å². The second kappa shape index (κ2) is 5.69. The van der Waals surface area contributed by atoms with Gasteiger partial charge < -0.3 is 16.2 Å². The van der Waals surface area contributed by atoms with Gasteiger partial charge in [0.2, 0.25) is 5.91 Å². The first-order valence-corrected chi connectivity index (χ1v) is 4.77. The summed E-state index contributed by atoms with van der Waals surface area (Å²) in [5, 5.41) is 10.9. The highest BCUT2D eigenvalue weighted by Gasteiger charge is 2.04. The fourth-order valence-electron chi connectivity index (χ4n) is 1.08. The molecule has 0 aliphatic heterocycles. The van der Waals surface area contributed by atoms with Crippen LogP contribution in [0.2, 0.25) is 0 Å². The number of carbonyl (C=O) groups excluding carboxylic acids is 1. The van der Waals surface area contributed by atoms with E-state index in [1.807, 2.05) is 0 Å². The number of nitrogens with one attached hydrogen (secondary N) is 1. The Bertz CT molecular complexity index is 375. The van der Waals surface area contributed by atoms with E-state index in [2.05, 4.69) is 10.3 Å². The molecule has 1 rings (SSSR count). The van der Waals surface area contributed by atoms with Crippen molar-refractivity contribution < 1.29 is 14.7 Å². The molecule has 1 aromatic rings. The van der Waals surface area contributed by atoms with Crippen molar-refractivity contribution in [3.63, 3.8) is 0 Å². The maximum absolute atomic E-state index is 11.3. The number of anilines is 1. The molecule has 0 aromatic carbocycles. The molecule has 0 radical (unpaired) electrons. The van der Waals surface area contributed by atoms with Crippen LogP contribution in [0.1, 0.15) is 12.1 Å². The minimum absolute atomic E-state index is 0.0824. The second-order valence-corrected chi connectivity index (χ2v) is 3.25. The summed E-state index contributed by atoms with van der Waals surface area (Å²) < 4.78 is 0. The zero-order chi connectivity index (χ0) is 12.0. The largest absolute Gasteiger partial charge is 0.481 e. The first-order chi connectivity index (χ1) is 7.58. The van der Waals surface area contributed by atoms with Gasteiger partial charge in [0, 0.05) is 12.2 Å². The Labute approximate surface area is 92.5 Å². The van der Waals surface area contributed by atoms with Crippen LogP contribution in [0.25, 0.3) is 0 Å². The summed E-state index contributed by atoms with van der Waals surface area (Å²) in [6, 6.07) is 3.32. The average molecular weight is 223 g/mol. The maximum Gasteiger partial charge on any atom is 0.305 e. The topological polar surface area (TPSA) is 105 Å². The van der Waals surface area contributed by atoms with Gasteiger partial charge in [-0.3, -0.25) is 14.6 Å². The number of hydrogen-bond acceptors (Lipinski definition) is 4. The van der Waals surface area contributed by atoms with E-state index >= 15 is 0 Å². The first kappa shape index (κ1) is 12.0. The van der Waals surface area contributed by atoms with Crippen LogP contribution in [-0.2, 0) is 16.0 Å². The number of carboxylic acids is 1. The van der Waals surface area contributed by atoms with Gasteiger partial charge in [0.15, 0.2) is 0 Å². The van der Waals surface area contributed by atoms with E-state index in [1.54, 1.807) is 12.1 Å². The Morgan fingerprint density at radius 3 is 2.75 bits per heavy atom. The molecular formula is C10H13N3O3. The van der Waals surface area contributed by atoms with E-state index in [9.17, 15) is 9.59 Å². The third kappa shape index (κ3) is 4.41. The summed E-state index contributed by atoms with van der Waals surface area (Å²) in [5.41, 5.74) is 6.58. The fraction of sp³-hybridized carbons (Fsp3) is 0.300. The SMILES string of the molecule is Nc1ccc(CC(=O)NCCC(=O)O)nc1. The molecule has 86 valence electrons. The number of amides is 1. The summed E-state index contributed by atoms with van der Waals surface area (Å²) in [4.78, 5) is 25.5. The lowest BCUT2D eigenvalue weighted by Gasteiger charge is -2.03. The summed E-state index contributed by atoms with van der Waals surface area (Å²) >= 11 is 0. The van der Waals surface area contributed by atoms with Crippen LogP contribution in [0.3, 0.4) is 0 Å². The van der Waals surface area contributed by atoms with E-state index in [0.29, 0.717) is 11.4 Å². The molecule has 0 saturated carbocycles. The number of carbonyl (C=O) groups is 2. The molecule has 6 nitrogen and oxygen atoms in total. The highest BCUT2D eigenvalue weighted by atomic mass is 16.4. The molecule has 1 amide bonds. The van der Waals surface area contributed by atoms with Gasteiger partial charge in [-0.1, -0.05) is 0 Å². The van der Waals surface area contributed by atoms with Crippen molar-refractivity contribution in [1.82, 2.24) is 10.3 Å². The van der Waals surface area contributed by atoms with Crippen LogP contribution in [0.4, 0.5) is 5.69 Å². The van der Waals surface area contributed by atoms with Gasteiger partial charge in [-0.2, -0.15) is 0 Å². The molecule has 0 aliphatic carbocycles. The van der Waals surface area contributed by atoms with Crippen LogP contribution in [0.15, 0.2) is 18.3 Å². The van der Waals surface area contributed by atoms with Crippen LogP contribution in [0, 0.1) is 0 Å². The summed E-state index contributed by atoms with van der Waals surface area (Å²) in [6.45, 7) is 0.128. The Morgan fingerprint density at radius 2 is 2.19 bits per heavy atom. The van der Waals surface area contributed by atoms with Gasteiger partial charge in [0.1, 0.15) is 0 Å². The van der Waals surface area contributed by atoms with Crippen molar-refractivity contribution in [1.29, 1.82) is 0 Å². The van der Waals surface area contributed by atoms with Gasteiger partial charge in [0.05, 0.1) is 24.7 Å². The number of aromatic nitrogens is 1. The molecule has 1 aromatic heterocycles. The number of pyridine rings is 1. The molecule has 0 aliphatic rings. The molecule has 0 atom stereocenters. The van der Waals surface area contributed by atoms with Crippen molar-refractivity contribution >= 4 is 17.6 Å². The monoisotopic (exact) mass is 223 g/mol. The molecule has 4 N–H and O–H groups in total. The Hall–Kier alpha value is -2.11. The third-order valence-corrected chi connectivity index (χ3v) is 1.85. The smallest absolute Gasteiger partial charge is 0.305 e. The highest BCUT2D eigenvalue weighted by Crippen LogP contribution is 2.01. The number of nitrogens with two attached hydrogens (primary N) is 1. The van der Waals surface area contributed by atoms with E-state index in [1.165, 1.54) is 6.20 Å². The van der Waals surface area contributed by atoms with Gasteiger partial charge in [-0.25, -0.2) is 0 Å². The number of rotatable bonds is 5. The van der Waals surface area contributed by atoms with Gasteiger partial charge >= 0.3 is 5.97 Å². The molecule has 16 heavy (non-hydrogen) atoms. The minimum Gasteiger partial charge on any atom is -0.481 e. The highest BCUT2D eigenvalue weighted by molar-refractivity contribution is 5.78. The minimum atomic E-state index is -0.939. The Kier molecular flexibility index (Phi) is 4.26. The summed E-state index contributed by atoms with van der Waals surface area (Å²) in [6.07, 6.45) is 1.51. The predicted octanol–water partition coefficient (Wildman–Crippen LogP) is -0.203. The molecule has 0 spiro atoms.